The molecule has 9 atom stereocenters. The summed E-state index contributed by atoms with van der Waals surface area (Å²) in [5.41, 5.74) is 0.00989. The van der Waals surface area contributed by atoms with Crippen molar-refractivity contribution in [1.29, 1.82) is 5.26 Å². The maximum atomic E-state index is 11.9. The topological polar surface area (TPSA) is 40.9 Å². The number of hydrogen-bond donors (Lipinski definition) is 0. The molecule has 0 heterocycles. The lowest BCUT2D eigenvalue weighted by Crippen LogP contribution is -2.59. The normalized spacial score (nSPS) is 48.9. The second-order valence-electron chi connectivity index (χ2n) is 14.0. The summed E-state index contributed by atoms with van der Waals surface area (Å²) in [5.74, 6) is 4.89. The molecule has 4 fully saturated rings. The van der Waals surface area contributed by atoms with Crippen LogP contribution in [0.5, 0.6) is 0 Å². The van der Waals surface area contributed by atoms with Gasteiger partial charge in [0, 0.05) is 5.41 Å². The SMILES string of the molecule is CC(C)CCC[C@@H](C)[C@H]1CC[C@H]2[C@@H]3CC[C@@]4(C#N)C[C@](C)(C=O)CC[C@]4(C)[C@H]3CC[C@]12C. The highest BCUT2D eigenvalue weighted by molar-refractivity contribution is 5.59. The van der Waals surface area contributed by atoms with E-state index >= 15 is 0 Å². The Bertz CT molecular complexity index is 752. The highest BCUT2D eigenvalue weighted by atomic mass is 16.1. The van der Waals surface area contributed by atoms with Crippen molar-refractivity contribution in [2.75, 3.05) is 0 Å². The van der Waals surface area contributed by atoms with E-state index in [9.17, 15) is 10.1 Å². The average Bonchev–Trinajstić information content (AvgIpc) is 3.11. The van der Waals surface area contributed by atoms with Crippen LogP contribution in [0.1, 0.15) is 119 Å². The van der Waals surface area contributed by atoms with E-state index in [0.717, 1.165) is 61.6 Å². The van der Waals surface area contributed by atoms with E-state index in [4.69, 9.17) is 0 Å². The fourth-order valence-corrected chi connectivity index (χ4v) is 9.92. The maximum absolute atomic E-state index is 11.9. The molecule has 0 bridgehead atoms. The third-order valence-corrected chi connectivity index (χ3v) is 11.9. The van der Waals surface area contributed by atoms with Gasteiger partial charge in [-0.15, -0.1) is 0 Å². The minimum Gasteiger partial charge on any atom is -0.303 e. The first-order valence-corrected chi connectivity index (χ1v) is 13.9. The minimum atomic E-state index is -0.296. The molecule has 180 valence electrons. The lowest BCUT2D eigenvalue weighted by molar-refractivity contribution is -0.161. The molecule has 0 aromatic carbocycles. The zero-order valence-corrected chi connectivity index (χ0v) is 21.9. The zero-order valence-electron chi connectivity index (χ0n) is 21.9. The van der Waals surface area contributed by atoms with Crippen molar-refractivity contribution < 1.29 is 4.79 Å². The van der Waals surface area contributed by atoms with Gasteiger partial charge in [0.15, 0.2) is 0 Å². The highest BCUT2D eigenvalue weighted by Crippen LogP contribution is 2.72. The molecule has 0 unspecified atom stereocenters. The van der Waals surface area contributed by atoms with Crippen molar-refractivity contribution in [3.63, 3.8) is 0 Å². The summed E-state index contributed by atoms with van der Waals surface area (Å²) in [7, 11) is 0. The van der Waals surface area contributed by atoms with Crippen molar-refractivity contribution in [3.8, 4) is 6.07 Å². The number of carbonyl (C=O) groups excluding carboxylic acids is 1. The molecule has 2 heteroatoms. The van der Waals surface area contributed by atoms with Crippen LogP contribution in [0.2, 0.25) is 0 Å². The van der Waals surface area contributed by atoms with E-state index in [-0.39, 0.29) is 16.2 Å². The Morgan fingerprint density at radius 2 is 1.69 bits per heavy atom. The van der Waals surface area contributed by atoms with Gasteiger partial charge < -0.3 is 4.79 Å². The molecule has 2 nitrogen and oxygen atoms in total. The van der Waals surface area contributed by atoms with Crippen LogP contribution in [0.15, 0.2) is 0 Å². The molecule has 0 aliphatic heterocycles. The minimum absolute atomic E-state index is 0.0927. The standard InChI is InChI=1S/C30H49NO/c1-21(2)8-7-9-22(3)24-10-11-25-23-12-15-30(19-31)18-27(4,20-32)16-17-29(30,6)26(23)13-14-28(24,25)5/h20-26H,7-18H2,1-6H3/t22-,23+,24-,25+,26+,27-,28-,29-,30+/m1/s1. The fourth-order valence-electron chi connectivity index (χ4n) is 9.92. The first-order valence-electron chi connectivity index (χ1n) is 13.9. The van der Waals surface area contributed by atoms with Gasteiger partial charge in [-0.1, -0.05) is 60.8 Å². The molecule has 0 N–H and O–H groups in total. The van der Waals surface area contributed by atoms with Crippen LogP contribution < -0.4 is 0 Å². The molecule has 4 aliphatic rings. The van der Waals surface area contributed by atoms with Gasteiger partial charge in [0.1, 0.15) is 6.29 Å². The lowest BCUT2D eigenvalue weighted by atomic mass is 9.38. The summed E-state index contributed by atoms with van der Waals surface area (Å²) in [4.78, 5) is 11.9. The molecule has 0 aromatic rings. The Labute approximate surface area is 198 Å². The second kappa shape index (κ2) is 8.43. The number of rotatable bonds is 6. The van der Waals surface area contributed by atoms with Gasteiger partial charge >= 0.3 is 0 Å². The summed E-state index contributed by atoms with van der Waals surface area (Å²) in [6.07, 6.45) is 15.9. The Morgan fingerprint density at radius 3 is 2.34 bits per heavy atom. The third-order valence-electron chi connectivity index (χ3n) is 11.9. The molecule has 0 aromatic heterocycles. The summed E-state index contributed by atoms with van der Waals surface area (Å²) in [6, 6.07) is 2.85. The first kappa shape index (κ1) is 24.3. The van der Waals surface area contributed by atoms with Gasteiger partial charge in [-0.25, -0.2) is 0 Å². The molecule has 4 saturated carbocycles. The molecule has 0 radical (unpaired) electrons. The monoisotopic (exact) mass is 439 g/mol. The third kappa shape index (κ3) is 3.60. The van der Waals surface area contributed by atoms with Gasteiger partial charge in [0.05, 0.1) is 11.5 Å². The largest absolute Gasteiger partial charge is 0.303 e. The van der Waals surface area contributed by atoms with Crippen LogP contribution in [0.4, 0.5) is 0 Å². The number of nitrogens with zero attached hydrogens (tertiary/aromatic N) is 1. The quantitative estimate of drug-likeness (QED) is 0.391. The molecule has 4 aliphatic carbocycles. The zero-order chi connectivity index (χ0) is 23.4. The van der Waals surface area contributed by atoms with E-state index in [1.807, 2.05) is 0 Å². The van der Waals surface area contributed by atoms with Crippen molar-refractivity contribution in [3.05, 3.63) is 0 Å². The van der Waals surface area contributed by atoms with Crippen molar-refractivity contribution in [2.24, 2.45) is 57.2 Å². The van der Waals surface area contributed by atoms with Gasteiger partial charge in [0.25, 0.3) is 0 Å². The Kier molecular flexibility index (Phi) is 6.40. The molecule has 32 heavy (non-hydrogen) atoms. The van der Waals surface area contributed by atoms with Gasteiger partial charge in [0.2, 0.25) is 0 Å². The Balaban J connectivity index is 1.54. The van der Waals surface area contributed by atoms with E-state index in [2.05, 4.69) is 47.6 Å². The summed E-state index contributed by atoms with van der Waals surface area (Å²) in [5, 5.41) is 10.5. The molecule has 0 spiro atoms. The summed E-state index contributed by atoms with van der Waals surface area (Å²) < 4.78 is 0. The van der Waals surface area contributed by atoms with Crippen molar-refractivity contribution in [2.45, 2.75) is 119 Å². The van der Waals surface area contributed by atoms with Crippen LogP contribution in [0, 0.1) is 68.5 Å². The number of nitriles is 1. The molecule has 0 amide bonds. The Morgan fingerprint density at radius 1 is 0.938 bits per heavy atom. The summed E-state index contributed by atoms with van der Waals surface area (Å²) in [6.45, 7) is 14.5. The molecular weight excluding hydrogens is 390 g/mol. The van der Waals surface area contributed by atoms with Crippen LogP contribution in [-0.4, -0.2) is 6.29 Å². The number of hydrogen-bond acceptors (Lipinski definition) is 2. The van der Waals surface area contributed by atoms with Gasteiger partial charge in [-0.3, -0.25) is 0 Å². The molecule has 0 saturated heterocycles. The predicted octanol–water partition coefficient (Wildman–Crippen LogP) is 8.21. The molecular formula is C30H49NO. The van der Waals surface area contributed by atoms with E-state index < -0.39 is 0 Å². The average molecular weight is 440 g/mol. The van der Waals surface area contributed by atoms with Gasteiger partial charge in [-0.05, 0) is 104 Å². The molecule has 4 rings (SSSR count). The fraction of sp³-hybridized carbons (Fsp3) is 0.933. The number of carbonyl (C=O) groups is 1. The van der Waals surface area contributed by atoms with Crippen molar-refractivity contribution >= 4 is 6.29 Å². The van der Waals surface area contributed by atoms with E-state index in [0.29, 0.717) is 11.3 Å². The maximum Gasteiger partial charge on any atom is 0.125 e. The Hall–Kier alpha value is -0.840. The highest BCUT2D eigenvalue weighted by Gasteiger charge is 2.66. The summed E-state index contributed by atoms with van der Waals surface area (Å²) >= 11 is 0. The van der Waals surface area contributed by atoms with Crippen molar-refractivity contribution in [1.82, 2.24) is 0 Å². The predicted molar refractivity (Wildman–Crippen MR) is 132 cm³/mol. The smallest absolute Gasteiger partial charge is 0.125 e. The number of aldehydes is 1. The lowest BCUT2D eigenvalue weighted by Gasteiger charge is -2.65. The van der Waals surface area contributed by atoms with Crippen LogP contribution >= 0.6 is 0 Å². The second-order valence-corrected chi connectivity index (χ2v) is 14.0. The van der Waals surface area contributed by atoms with Gasteiger partial charge in [-0.2, -0.15) is 5.26 Å². The number of fused-ring (bicyclic) bond motifs is 5. The van der Waals surface area contributed by atoms with Crippen LogP contribution in [0.25, 0.3) is 0 Å². The van der Waals surface area contributed by atoms with Crippen LogP contribution in [0.3, 0.4) is 0 Å². The van der Waals surface area contributed by atoms with Crippen LogP contribution in [-0.2, 0) is 4.79 Å². The van der Waals surface area contributed by atoms with E-state index in [1.165, 1.54) is 51.4 Å². The van der Waals surface area contributed by atoms with E-state index in [1.54, 1.807) is 0 Å². The first-order chi connectivity index (χ1) is 15.0.